The minimum absolute atomic E-state index is 0.0628. The van der Waals surface area contributed by atoms with Crippen LogP contribution < -0.4 is 25.0 Å². The molecule has 14 nitrogen and oxygen atoms in total. The minimum atomic E-state index is -4.60. The zero-order valence-corrected chi connectivity index (χ0v) is 39.4. The van der Waals surface area contributed by atoms with Crippen LogP contribution in [0.15, 0.2) is 48.8 Å². The number of rotatable bonds is 9. The third-order valence-corrected chi connectivity index (χ3v) is 11.2. The van der Waals surface area contributed by atoms with Crippen LogP contribution in [0, 0.1) is 6.92 Å². The minimum Gasteiger partial charge on any atom is -0.496 e. The molecule has 0 bridgehead atoms. The molecule has 2 N–H and O–H groups in total. The van der Waals surface area contributed by atoms with Gasteiger partial charge in [0.1, 0.15) is 33.2 Å². The first-order valence-corrected chi connectivity index (χ1v) is 21.6. The number of methoxy groups -OCH3 is 2. The average molecular weight is 942 g/mol. The molecule has 0 atom stereocenters. The lowest BCUT2D eigenvalue weighted by molar-refractivity contribution is -0.138. The van der Waals surface area contributed by atoms with E-state index in [1.165, 1.54) is 26.7 Å². The Hall–Kier alpha value is -4.84. The van der Waals surface area contributed by atoms with Crippen molar-refractivity contribution in [2.45, 2.75) is 54.1 Å². The Balaban J connectivity index is 0.000000261. The van der Waals surface area contributed by atoms with E-state index in [0.717, 1.165) is 48.7 Å². The Morgan fingerprint density at radius 2 is 1.22 bits per heavy atom. The van der Waals surface area contributed by atoms with Gasteiger partial charge < -0.3 is 39.7 Å². The second-order valence-corrected chi connectivity index (χ2v) is 15.4. The first-order chi connectivity index (χ1) is 29.8. The van der Waals surface area contributed by atoms with E-state index in [0.29, 0.717) is 54.7 Å². The average Bonchev–Trinajstić information content (AvgIpc) is 3.26. The van der Waals surface area contributed by atoms with Gasteiger partial charge in [0.2, 0.25) is 17.1 Å². The van der Waals surface area contributed by atoms with Gasteiger partial charge in [-0.3, -0.25) is 9.59 Å². The molecule has 20 heteroatoms. The van der Waals surface area contributed by atoms with Crippen LogP contribution in [0.25, 0.3) is 0 Å². The van der Waals surface area contributed by atoms with E-state index >= 15 is 0 Å². The van der Waals surface area contributed by atoms with E-state index in [1.54, 1.807) is 32.1 Å². The molecule has 6 rings (SSSR count). The number of carbonyl (C=O) groups excluding carboxylic acids is 2. The highest BCUT2D eigenvalue weighted by Gasteiger charge is 2.34. The van der Waals surface area contributed by atoms with Gasteiger partial charge in [-0.2, -0.15) is 13.2 Å². The second-order valence-electron chi connectivity index (χ2n) is 14.3. The Morgan fingerprint density at radius 1 is 0.730 bits per heavy atom. The van der Waals surface area contributed by atoms with Crippen molar-refractivity contribution in [3.05, 3.63) is 86.9 Å². The Labute approximate surface area is 383 Å². The predicted molar refractivity (Wildman–Crippen MR) is 244 cm³/mol. The Bertz CT molecular complexity index is 2080. The zero-order chi connectivity index (χ0) is 46.9. The third-order valence-electron chi connectivity index (χ3n) is 10.3. The summed E-state index contributed by atoms with van der Waals surface area (Å²) in [6.45, 7) is 21.0. The van der Waals surface area contributed by atoms with E-state index in [4.69, 9.17) is 50.0 Å². The van der Waals surface area contributed by atoms with Gasteiger partial charge in [0.25, 0.3) is 0 Å². The molecular weight excluding hydrogens is 884 g/mol. The van der Waals surface area contributed by atoms with Crippen molar-refractivity contribution in [1.29, 1.82) is 0 Å². The van der Waals surface area contributed by atoms with Crippen molar-refractivity contribution in [3.63, 3.8) is 0 Å². The maximum absolute atomic E-state index is 12.8. The molecule has 2 aromatic heterocycles. The van der Waals surface area contributed by atoms with Crippen molar-refractivity contribution >= 4 is 63.7 Å². The fourth-order valence-electron chi connectivity index (χ4n) is 6.44. The molecule has 2 aromatic carbocycles. The first-order valence-electron chi connectivity index (χ1n) is 20.4. The second kappa shape index (κ2) is 25.5. The lowest BCUT2D eigenvalue weighted by atomic mass is 10.1. The number of hydrogen-bond acceptors (Lipinski definition) is 12. The van der Waals surface area contributed by atoms with E-state index in [9.17, 15) is 22.8 Å². The summed E-state index contributed by atoms with van der Waals surface area (Å²) < 4.78 is 49.1. The maximum atomic E-state index is 12.8. The number of nitrogens with zero attached hydrogens (tertiary/aromatic N) is 9. The normalized spacial score (nSPS) is 13.8. The van der Waals surface area contributed by atoms with Crippen molar-refractivity contribution in [3.8, 4) is 11.5 Å². The van der Waals surface area contributed by atoms with Gasteiger partial charge in [0.05, 0.1) is 19.9 Å². The summed E-state index contributed by atoms with van der Waals surface area (Å²) in [5.74, 6) is 1.65. The van der Waals surface area contributed by atoms with E-state index in [-0.39, 0.29) is 29.3 Å². The van der Waals surface area contributed by atoms with Gasteiger partial charge in [-0.15, -0.1) is 0 Å². The highest BCUT2D eigenvalue weighted by atomic mass is 35.5. The fourth-order valence-corrected chi connectivity index (χ4v) is 7.00. The lowest BCUT2D eigenvalue weighted by Crippen LogP contribution is -2.48. The highest BCUT2D eigenvalue weighted by Crippen LogP contribution is 2.34. The summed E-state index contributed by atoms with van der Waals surface area (Å²) in [5, 5.41) is -0.0259. The van der Waals surface area contributed by atoms with Crippen molar-refractivity contribution < 1.29 is 32.2 Å². The maximum Gasteiger partial charge on any atom is 0.420 e. The molecule has 63 heavy (non-hydrogen) atoms. The van der Waals surface area contributed by atoms with Crippen LogP contribution in [0.5, 0.6) is 11.5 Å². The van der Waals surface area contributed by atoms with Crippen LogP contribution in [0.4, 0.5) is 30.2 Å². The van der Waals surface area contributed by atoms with Crippen LogP contribution in [0.2, 0.25) is 15.6 Å². The van der Waals surface area contributed by atoms with E-state index < -0.39 is 16.9 Å². The molecule has 0 aliphatic carbocycles. The molecule has 0 radical (unpaired) electrons. The number of piperazine rings is 2. The third kappa shape index (κ3) is 16.3. The van der Waals surface area contributed by atoms with Crippen LogP contribution in [-0.4, -0.2) is 133 Å². The Kier molecular flexibility index (Phi) is 21.2. The quantitative estimate of drug-likeness (QED) is 0.0993. The molecular formula is C43H58Cl3F3N10O4. The summed E-state index contributed by atoms with van der Waals surface area (Å²) in [5.41, 5.74) is 8.97. The predicted octanol–water partition coefficient (Wildman–Crippen LogP) is 7.80. The molecule has 4 aromatic rings. The highest BCUT2D eigenvalue weighted by molar-refractivity contribution is 6.32. The molecule has 2 amide bonds. The number of halogens is 6. The number of ether oxygens (including phenoxy) is 2. The standard InChI is InChI=1S/C19H20ClF3N4O2.C13H19N3O2.C6H15N.C5H4Cl2N2/c1-12(28)26-5-7-27(8-6-26)14-4-3-13(16(10-14)29-2)9-17-24-11-15(18(20)25-17)19(21,22)23;1-10(17)15-5-7-16(8-6-15)11-3-4-12(14)13(9-11)18-2;1-4-7(5-2)6-3;1-3-2-8-5(7)9-4(3)6/h3-4,10-11H,5-9H2,1-2H3;3-4,9H,5-8,14H2,1-2H3;4-6H2,1-3H3;2H,1H3. The largest absolute Gasteiger partial charge is 0.496 e. The van der Waals surface area contributed by atoms with Crippen LogP contribution in [0.1, 0.15) is 57.1 Å². The van der Waals surface area contributed by atoms with Gasteiger partial charge in [0.15, 0.2) is 0 Å². The number of nitrogen functional groups attached to an aromatic ring is 1. The van der Waals surface area contributed by atoms with Gasteiger partial charge in [-0.05, 0) is 56.4 Å². The van der Waals surface area contributed by atoms with Gasteiger partial charge in [0, 0.05) is 120 Å². The van der Waals surface area contributed by atoms with Crippen molar-refractivity contribution in [2.24, 2.45) is 0 Å². The topological polar surface area (TPSA) is 146 Å². The SMILES string of the molecule is CCN(CC)CC.COc1cc(N2CCN(C(C)=O)CC2)ccc1Cc1ncc(C(F)(F)F)c(Cl)n1.COc1cc(N2CCN(C(C)=O)CC2)ccc1N.Cc1cnc(Cl)nc1Cl. The monoisotopic (exact) mass is 940 g/mol. The summed E-state index contributed by atoms with van der Waals surface area (Å²) in [6, 6.07) is 11.4. The van der Waals surface area contributed by atoms with Gasteiger partial charge in [-0.25, -0.2) is 19.9 Å². The number of nitrogens with two attached hydrogens (primary N) is 1. The molecule has 2 fully saturated rings. The first kappa shape index (κ1) is 52.5. The molecule has 0 unspecified atom stereocenters. The number of hydrogen-bond donors (Lipinski definition) is 1. The molecule has 0 spiro atoms. The number of alkyl halides is 3. The summed E-state index contributed by atoms with van der Waals surface area (Å²) in [7, 11) is 3.14. The summed E-state index contributed by atoms with van der Waals surface area (Å²) >= 11 is 16.7. The number of anilines is 3. The number of benzene rings is 2. The molecule has 0 saturated carbocycles. The van der Waals surface area contributed by atoms with Gasteiger partial charge >= 0.3 is 6.18 Å². The van der Waals surface area contributed by atoms with E-state index in [2.05, 4.69) is 55.4 Å². The number of amides is 2. The van der Waals surface area contributed by atoms with Crippen molar-refractivity contribution in [1.82, 2.24) is 34.6 Å². The van der Waals surface area contributed by atoms with Gasteiger partial charge in [-0.1, -0.05) is 50.0 Å². The summed E-state index contributed by atoms with van der Waals surface area (Å²) in [6.07, 6.45) is -2.14. The fraction of sp³-hybridized carbons (Fsp3) is 0.488. The van der Waals surface area contributed by atoms with Crippen LogP contribution in [0.3, 0.4) is 0 Å². The number of aryl methyl sites for hydroxylation is 1. The molecule has 4 heterocycles. The van der Waals surface area contributed by atoms with Crippen molar-refractivity contribution in [2.75, 3.05) is 102 Å². The van der Waals surface area contributed by atoms with Crippen LogP contribution in [-0.2, 0) is 22.2 Å². The molecule has 2 aliphatic heterocycles. The zero-order valence-electron chi connectivity index (χ0n) is 37.1. The van der Waals surface area contributed by atoms with E-state index in [1.807, 2.05) is 48.2 Å². The Morgan fingerprint density at radius 3 is 1.62 bits per heavy atom. The summed E-state index contributed by atoms with van der Waals surface area (Å²) in [4.78, 5) is 48.1. The lowest BCUT2D eigenvalue weighted by Gasteiger charge is -2.35. The number of aromatic nitrogens is 4. The smallest absolute Gasteiger partial charge is 0.420 e. The molecule has 2 saturated heterocycles. The molecule has 346 valence electrons. The number of carbonyl (C=O) groups is 2. The van der Waals surface area contributed by atoms with Crippen LogP contribution >= 0.6 is 34.8 Å². The molecule has 2 aliphatic rings.